The van der Waals surface area contributed by atoms with Gasteiger partial charge in [0.25, 0.3) is 0 Å². The SMILES string of the molecule is CN=C(NCC1(c2cccc(F)c2)CCOCC1)NC1CCCCC1. The summed E-state index contributed by atoms with van der Waals surface area (Å²) in [4.78, 5) is 4.40. The van der Waals surface area contributed by atoms with Crippen LogP contribution in [-0.4, -0.2) is 38.8 Å². The van der Waals surface area contributed by atoms with E-state index in [0.29, 0.717) is 19.3 Å². The summed E-state index contributed by atoms with van der Waals surface area (Å²) in [6, 6.07) is 7.53. The van der Waals surface area contributed by atoms with E-state index in [4.69, 9.17) is 4.74 Å². The van der Waals surface area contributed by atoms with Crippen LogP contribution in [-0.2, 0) is 10.2 Å². The summed E-state index contributed by atoms with van der Waals surface area (Å²) in [5.41, 5.74) is 0.946. The molecule has 1 heterocycles. The Morgan fingerprint density at radius 3 is 2.68 bits per heavy atom. The lowest BCUT2D eigenvalue weighted by molar-refractivity contribution is 0.0512. The average Bonchev–Trinajstić information content (AvgIpc) is 2.66. The number of hydrogen-bond donors (Lipinski definition) is 2. The van der Waals surface area contributed by atoms with E-state index in [0.717, 1.165) is 30.9 Å². The molecule has 25 heavy (non-hydrogen) atoms. The van der Waals surface area contributed by atoms with Crippen molar-refractivity contribution in [3.8, 4) is 0 Å². The van der Waals surface area contributed by atoms with Crippen molar-refractivity contribution < 1.29 is 9.13 Å². The van der Waals surface area contributed by atoms with E-state index in [1.165, 1.54) is 38.2 Å². The highest BCUT2D eigenvalue weighted by Crippen LogP contribution is 2.34. The number of guanidine groups is 1. The highest BCUT2D eigenvalue weighted by Gasteiger charge is 2.35. The fourth-order valence-corrected chi connectivity index (χ4v) is 4.04. The van der Waals surface area contributed by atoms with Crippen molar-refractivity contribution in [3.63, 3.8) is 0 Å². The molecule has 1 aliphatic carbocycles. The summed E-state index contributed by atoms with van der Waals surface area (Å²) >= 11 is 0. The minimum absolute atomic E-state index is 0.107. The Morgan fingerprint density at radius 2 is 2.00 bits per heavy atom. The lowest BCUT2D eigenvalue weighted by atomic mass is 9.74. The maximum absolute atomic E-state index is 13.8. The third kappa shape index (κ3) is 4.72. The van der Waals surface area contributed by atoms with Crippen LogP contribution in [0.3, 0.4) is 0 Å². The topological polar surface area (TPSA) is 45.7 Å². The number of benzene rings is 1. The van der Waals surface area contributed by atoms with E-state index in [1.807, 2.05) is 13.1 Å². The van der Waals surface area contributed by atoms with Gasteiger partial charge in [0.2, 0.25) is 0 Å². The van der Waals surface area contributed by atoms with Gasteiger partial charge in [0.05, 0.1) is 0 Å². The number of halogens is 1. The highest BCUT2D eigenvalue weighted by atomic mass is 19.1. The van der Waals surface area contributed by atoms with Crippen LogP contribution in [0.1, 0.15) is 50.5 Å². The molecular formula is C20H30FN3O. The molecule has 0 amide bonds. The molecule has 0 unspecified atom stereocenters. The van der Waals surface area contributed by atoms with E-state index in [1.54, 1.807) is 12.1 Å². The van der Waals surface area contributed by atoms with Gasteiger partial charge in [0.15, 0.2) is 5.96 Å². The summed E-state index contributed by atoms with van der Waals surface area (Å²) in [6.07, 6.45) is 8.13. The van der Waals surface area contributed by atoms with Crippen LogP contribution in [0.2, 0.25) is 0 Å². The maximum Gasteiger partial charge on any atom is 0.191 e. The van der Waals surface area contributed by atoms with Gasteiger partial charge in [-0.1, -0.05) is 31.4 Å². The van der Waals surface area contributed by atoms with Gasteiger partial charge in [-0.25, -0.2) is 4.39 Å². The third-order valence-corrected chi connectivity index (χ3v) is 5.65. The molecule has 1 aromatic carbocycles. The molecule has 5 heteroatoms. The number of nitrogens with one attached hydrogen (secondary N) is 2. The summed E-state index contributed by atoms with van der Waals surface area (Å²) in [5, 5.41) is 7.06. The van der Waals surface area contributed by atoms with E-state index < -0.39 is 0 Å². The van der Waals surface area contributed by atoms with Crippen LogP contribution in [0, 0.1) is 5.82 Å². The van der Waals surface area contributed by atoms with Gasteiger partial charge in [-0.3, -0.25) is 4.99 Å². The average molecular weight is 347 g/mol. The van der Waals surface area contributed by atoms with Crippen molar-refractivity contribution in [2.24, 2.45) is 4.99 Å². The fourth-order valence-electron chi connectivity index (χ4n) is 4.04. The first kappa shape index (κ1) is 18.2. The molecular weight excluding hydrogens is 317 g/mol. The molecule has 0 spiro atoms. The molecule has 2 fully saturated rings. The Hall–Kier alpha value is -1.62. The van der Waals surface area contributed by atoms with Gasteiger partial charge in [-0.05, 0) is 43.4 Å². The van der Waals surface area contributed by atoms with Crippen LogP contribution in [0.15, 0.2) is 29.3 Å². The molecule has 0 bridgehead atoms. The Labute approximate surface area is 150 Å². The monoisotopic (exact) mass is 347 g/mol. The molecule has 1 aliphatic heterocycles. The van der Waals surface area contributed by atoms with Crippen LogP contribution in [0.25, 0.3) is 0 Å². The normalized spacial score (nSPS) is 21.8. The number of rotatable bonds is 4. The molecule has 4 nitrogen and oxygen atoms in total. The lowest BCUT2D eigenvalue weighted by Crippen LogP contribution is -2.50. The Balaban J connectivity index is 1.67. The van der Waals surface area contributed by atoms with E-state index in [2.05, 4.69) is 15.6 Å². The lowest BCUT2D eigenvalue weighted by Gasteiger charge is -2.38. The highest BCUT2D eigenvalue weighted by molar-refractivity contribution is 5.80. The summed E-state index contributed by atoms with van der Waals surface area (Å²) in [5.74, 6) is 0.683. The Bertz CT molecular complexity index is 578. The minimum Gasteiger partial charge on any atom is -0.381 e. The Morgan fingerprint density at radius 1 is 1.24 bits per heavy atom. The smallest absolute Gasteiger partial charge is 0.191 e. The maximum atomic E-state index is 13.8. The fraction of sp³-hybridized carbons (Fsp3) is 0.650. The number of nitrogens with zero attached hydrogens (tertiary/aromatic N) is 1. The van der Waals surface area contributed by atoms with Gasteiger partial charge in [-0.2, -0.15) is 0 Å². The minimum atomic E-state index is -0.173. The molecule has 0 radical (unpaired) electrons. The van der Waals surface area contributed by atoms with Crippen molar-refractivity contribution in [2.75, 3.05) is 26.8 Å². The van der Waals surface area contributed by atoms with Gasteiger partial charge in [0, 0.05) is 38.3 Å². The van der Waals surface area contributed by atoms with Crippen molar-refractivity contribution in [2.45, 2.75) is 56.4 Å². The molecule has 1 saturated heterocycles. The van der Waals surface area contributed by atoms with Gasteiger partial charge >= 0.3 is 0 Å². The number of aliphatic imine (C=N–C) groups is 1. The van der Waals surface area contributed by atoms with Crippen molar-refractivity contribution in [3.05, 3.63) is 35.6 Å². The predicted molar refractivity (Wildman–Crippen MR) is 99.5 cm³/mol. The van der Waals surface area contributed by atoms with Crippen LogP contribution in [0.5, 0.6) is 0 Å². The number of hydrogen-bond acceptors (Lipinski definition) is 2. The molecule has 0 atom stereocenters. The van der Waals surface area contributed by atoms with Crippen LogP contribution < -0.4 is 10.6 Å². The van der Waals surface area contributed by atoms with Crippen LogP contribution in [0.4, 0.5) is 4.39 Å². The largest absolute Gasteiger partial charge is 0.381 e. The zero-order valence-electron chi connectivity index (χ0n) is 15.2. The standard InChI is InChI=1S/C20H30FN3O/c1-22-19(24-18-8-3-2-4-9-18)23-15-20(10-12-25-13-11-20)16-6-5-7-17(21)14-16/h5-7,14,18H,2-4,8-13,15H2,1H3,(H2,22,23,24). The molecule has 2 aliphatic rings. The quantitative estimate of drug-likeness (QED) is 0.648. The second kappa shape index (κ2) is 8.65. The Kier molecular flexibility index (Phi) is 6.29. The van der Waals surface area contributed by atoms with E-state index >= 15 is 0 Å². The summed E-state index contributed by atoms with van der Waals surface area (Å²) in [7, 11) is 1.82. The molecule has 1 saturated carbocycles. The van der Waals surface area contributed by atoms with Gasteiger partial charge in [0.1, 0.15) is 5.82 Å². The third-order valence-electron chi connectivity index (χ3n) is 5.65. The molecule has 3 rings (SSSR count). The van der Waals surface area contributed by atoms with Gasteiger partial charge in [-0.15, -0.1) is 0 Å². The predicted octanol–water partition coefficient (Wildman–Crippen LogP) is 3.37. The number of ether oxygens (including phenoxy) is 1. The summed E-state index contributed by atoms with van der Waals surface area (Å²) in [6.45, 7) is 2.17. The van der Waals surface area contributed by atoms with Gasteiger partial charge < -0.3 is 15.4 Å². The van der Waals surface area contributed by atoms with Crippen molar-refractivity contribution in [1.82, 2.24) is 10.6 Å². The summed E-state index contributed by atoms with van der Waals surface area (Å²) < 4.78 is 19.3. The molecule has 2 N–H and O–H groups in total. The van der Waals surface area contributed by atoms with Crippen LogP contribution >= 0.6 is 0 Å². The second-order valence-corrected chi connectivity index (χ2v) is 7.31. The van der Waals surface area contributed by atoms with E-state index in [9.17, 15) is 4.39 Å². The molecule has 0 aromatic heterocycles. The zero-order valence-corrected chi connectivity index (χ0v) is 15.2. The van der Waals surface area contributed by atoms with Crippen molar-refractivity contribution >= 4 is 5.96 Å². The first-order chi connectivity index (χ1) is 12.2. The molecule has 138 valence electrons. The second-order valence-electron chi connectivity index (χ2n) is 7.31. The van der Waals surface area contributed by atoms with Crippen molar-refractivity contribution in [1.29, 1.82) is 0 Å². The van der Waals surface area contributed by atoms with E-state index in [-0.39, 0.29) is 11.2 Å². The first-order valence-corrected chi connectivity index (χ1v) is 9.53. The molecule has 1 aromatic rings. The zero-order chi connectivity index (χ0) is 17.5. The first-order valence-electron chi connectivity index (χ1n) is 9.53.